The number of carboxylic acid groups (broad SMARTS) is 1. The molecule has 3 amide bonds. The minimum Gasteiger partial charge on any atom is -0.481 e. The number of halogens is 3. The number of carbonyl (C=O) groups is 4. The van der Waals surface area contributed by atoms with Crippen LogP contribution in [0.25, 0.3) is 0 Å². The first kappa shape index (κ1) is 30.3. The summed E-state index contributed by atoms with van der Waals surface area (Å²) in [5, 5.41) is 12.0. The molecule has 8 nitrogen and oxygen atoms in total. The number of carboxylic acids is 1. The Morgan fingerprint density at radius 3 is 1.85 bits per heavy atom. The van der Waals surface area contributed by atoms with E-state index in [1.165, 1.54) is 0 Å². The normalized spacial score (nSPS) is 11.6. The molecule has 2 N–H and O–H groups in total. The van der Waals surface area contributed by atoms with E-state index in [9.17, 15) is 24.3 Å². The summed E-state index contributed by atoms with van der Waals surface area (Å²) >= 11 is 6.14. The van der Waals surface area contributed by atoms with Crippen molar-refractivity contribution in [3.8, 4) is 0 Å². The molecular formula is C22H30I3N3O5. The molecule has 0 aliphatic rings. The van der Waals surface area contributed by atoms with E-state index in [2.05, 4.69) is 27.9 Å². The van der Waals surface area contributed by atoms with E-state index in [1.807, 2.05) is 66.0 Å². The first-order valence-electron chi connectivity index (χ1n) is 10.8. The average molecular weight is 797 g/mol. The van der Waals surface area contributed by atoms with E-state index < -0.39 is 17.8 Å². The monoisotopic (exact) mass is 797 g/mol. The number of hydrogen-bond donors (Lipinski definition) is 2. The van der Waals surface area contributed by atoms with Crippen LogP contribution in [0.5, 0.6) is 0 Å². The van der Waals surface area contributed by atoms with Crippen LogP contribution in [0, 0.1) is 16.6 Å². The van der Waals surface area contributed by atoms with Crippen LogP contribution in [-0.4, -0.2) is 59.9 Å². The van der Waals surface area contributed by atoms with Gasteiger partial charge in [0.15, 0.2) is 0 Å². The maximum Gasteiger partial charge on any atom is 0.308 e. The Balaban J connectivity index is 3.80. The van der Waals surface area contributed by atoms with E-state index in [4.69, 9.17) is 0 Å². The van der Waals surface area contributed by atoms with Crippen molar-refractivity contribution in [1.82, 2.24) is 10.2 Å². The molecule has 0 radical (unpaired) electrons. The second kappa shape index (κ2) is 14.0. The molecule has 33 heavy (non-hydrogen) atoms. The minimum atomic E-state index is -0.978. The van der Waals surface area contributed by atoms with Crippen LogP contribution in [0.1, 0.15) is 68.2 Å². The molecule has 1 rings (SSSR count). The van der Waals surface area contributed by atoms with Gasteiger partial charge in [0.1, 0.15) is 0 Å². The average Bonchev–Trinajstić information content (AvgIpc) is 2.77. The summed E-state index contributed by atoms with van der Waals surface area (Å²) in [6.07, 6.45) is 0.658. The van der Waals surface area contributed by atoms with Crippen molar-refractivity contribution >= 4 is 97.2 Å². The molecule has 1 unspecified atom stereocenters. The molecule has 184 valence electrons. The standard InChI is InChI=1S/C22H30I3N3O5/c1-6-12(22(32)33)11-26-20(30)14-16(23)15(21(31)27(8-3)9-4)18(25)19(17(14)24)28(10-5)13(29)7-2/h12H,6-11H2,1-5H3,(H,26,30)(H,32,33). The van der Waals surface area contributed by atoms with E-state index >= 15 is 0 Å². The highest BCUT2D eigenvalue weighted by Gasteiger charge is 2.32. The number of anilines is 1. The quantitative estimate of drug-likeness (QED) is 0.319. The number of carbonyl (C=O) groups excluding carboxylic acids is 3. The van der Waals surface area contributed by atoms with Crippen molar-refractivity contribution in [3.05, 3.63) is 21.8 Å². The summed E-state index contributed by atoms with van der Waals surface area (Å²) in [4.78, 5) is 54.1. The van der Waals surface area contributed by atoms with Gasteiger partial charge in [-0.15, -0.1) is 0 Å². The molecule has 1 aromatic rings. The number of nitrogens with one attached hydrogen (secondary N) is 1. The number of hydrogen-bond acceptors (Lipinski definition) is 4. The minimum absolute atomic E-state index is 0.0249. The summed E-state index contributed by atoms with van der Waals surface area (Å²) < 4.78 is 1.67. The van der Waals surface area contributed by atoms with Gasteiger partial charge >= 0.3 is 5.97 Å². The van der Waals surface area contributed by atoms with Gasteiger partial charge in [-0.3, -0.25) is 19.2 Å². The van der Waals surface area contributed by atoms with Crippen LogP contribution in [0.15, 0.2) is 0 Å². The fourth-order valence-electron chi connectivity index (χ4n) is 3.30. The SMILES string of the molecule is CCC(=O)N(CC)c1c(I)c(C(=O)NCC(CC)C(=O)O)c(I)c(C(=O)N(CC)CC)c1I. The van der Waals surface area contributed by atoms with Gasteiger partial charge in [0, 0.05) is 36.2 Å². The Morgan fingerprint density at radius 1 is 0.879 bits per heavy atom. The summed E-state index contributed by atoms with van der Waals surface area (Å²) in [6.45, 7) is 10.5. The van der Waals surface area contributed by atoms with Crippen molar-refractivity contribution in [2.24, 2.45) is 5.92 Å². The third-order valence-electron chi connectivity index (χ3n) is 5.33. The van der Waals surface area contributed by atoms with Gasteiger partial charge in [-0.25, -0.2) is 0 Å². The molecule has 0 aliphatic carbocycles. The number of nitrogens with zero attached hydrogens (tertiary/aromatic N) is 2. The molecule has 0 spiro atoms. The largest absolute Gasteiger partial charge is 0.481 e. The van der Waals surface area contributed by atoms with E-state index in [1.54, 1.807) is 23.6 Å². The van der Waals surface area contributed by atoms with Gasteiger partial charge in [-0.05, 0) is 95.0 Å². The van der Waals surface area contributed by atoms with Crippen molar-refractivity contribution in [3.63, 3.8) is 0 Å². The third-order valence-corrected chi connectivity index (χ3v) is 8.51. The number of benzene rings is 1. The van der Waals surface area contributed by atoms with Crippen LogP contribution in [0.4, 0.5) is 5.69 Å². The Bertz CT molecular complexity index is 919. The molecule has 0 saturated carbocycles. The second-order valence-corrected chi connectivity index (χ2v) is 10.4. The summed E-state index contributed by atoms with van der Waals surface area (Å²) in [6, 6.07) is 0. The number of amides is 3. The summed E-state index contributed by atoms with van der Waals surface area (Å²) in [5.41, 5.74) is 1.20. The third kappa shape index (κ3) is 6.92. The lowest BCUT2D eigenvalue weighted by Gasteiger charge is -2.28. The highest BCUT2D eigenvalue weighted by atomic mass is 127. The second-order valence-electron chi connectivity index (χ2n) is 7.16. The van der Waals surface area contributed by atoms with Crippen LogP contribution in [0.3, 0.4) is 0 Å². The van der Waals surface area contributed by atoms with Crippen LogP contribution in [0.2, 0.25) is 0 Å². The highest BCUT2D eigenvalue weighted by Crippen LogP contribution is 2.38. The molecule has 0 fully saturated rings. The predicted octanol–water partition coefficient (Wildman–Crippen LogP) is 4.59. The lowest BCUT2D eigenvalue weighted by Crippen LogP contribution is -2.37. The highest BCUT2D eigenvalue weighted by molar-refractivity contribution is 14.1. The number of aliphatic carboxylic acids is 1. The van der Waals surface area contributed by atoms with Crippen molar-refractivity contribution in [2.75, 3.05) is 31.1 Å². The zero-order valence-corrected chi connectivity index (χ0v) is 25.9. The fraction of sp³-hybridized carbons (Fsp3) is 0.545. The predicted molar refractivity (Wildman–Crippen MR) is 154 cm³/mol. The Morgan fingerprint density at radius 2 is 1.42 bits per heavy atom. The van der Waals surface area contributed by atoms with Crippen molar-refractivity contribution < 1.29 is 24.3 Å². The molecule has 1 atom stereocenters. The smallest absolute Gasteiger partial charge is 0.308 e. The maximum absolute atomic E-state index is 13.4. The lowest BCUT2D eigenvalue weighted by atomic mass is 10.0. The molecule has 0 aromatic heterocycles. The fourth-order valence-corrected chi connectivity index (χ4v) is 8.00. The van der Waals surface area contributed by atoms with Crippen molar-refractivity contribution in [1.29, 1.82) is 0 Å². The van der Waals surface area contributed by atoms with Gasteiger partial charge in [-0.2, -0.15) is 0 Å². The Kier molecular flexibility index (Phi) is 12.9. The number of rotatable bonds is 11. The molecular weight excluding hydrogens is 767 g/mol. The summed E-state index contributed by atoms with van der Waals surface area (Å²) in [5.74, 6) is -2.47. The van der Waals surface area contributed by atoms with Crippen LogP contribution >= 0.6 is 67.8 Å². The maximum atomic E-state index is 13.4. The molecule has 0 bridgehead atoms. The first-order valence-corrected chi connectivity index (χ1v) is 14.1. The van der Waals surface area contributed by atoms with Crippen LogP contribution in [-0.2, 0) is 9.59 Å². The van der Waals surface area contributed by atoms with Crippen molar-refractivity contribution in [2.45, 2.75) is 47.5 Å². The van der Waals surface area contributed by atoms with Gasteiger partial charge in [0.2, 0.25) is 5.91 Å². The molecule has 0 heterocycles. The van der Waals surface area contributed by atoms with E-state index in [0.717, 1.165) is 0 Å². The first-order chi connectivity index (χ1) is 15.5. The topological polar surface area (TPSA) is 107 Å². The van der Waals surface area contributed by atoms with Gasteiger partial charge < -0.3 is 20.2 Å². The Hall–Kier alpha value is -0.710. The molecule has 0 aliphatic heterocycles. The van der Waals surface area contributed by atoms with Gasteiger partial charge in [-0.1, -0.05) is 13.8 Å². The zero-order chi connectivity index (χ0) is 25.5. The van der Waals surface area contributed by atoms with E-state index in [-0.39, 0.29) is 30.3 Å². The van der Waals surface area contributed by atoms with Gasteiger partial charge in [0.05, 0.1) is 29.9 Å². The van der Waals surface area contributed by atoms with Crippen LogP contribution < -0.4 is 10.2 Å². The molecule has 11 heteroatoms. The zero-order valence-electron chi connectivity index (χ0n) is 19.4. The molecule has 1 aromatic carbocycles. The van der Waals surface area contributed by atoms with Gasteiger partial charge in [0.25, 0.3) is 11.8 Å². The Labute approximate surface area is 236 Å². The lowest BCUT2D eigenvalue weighted by molar-refractivity contribution is -0.141. The van der Waals surface area contributed by atoms with E-state index in [0.29, 0.717) is 48.0 Å². The molecule has 0 saturated heterocycles. The summed E-state index contributed by atoms with van der Waals surface area (Å²) in [7, 11) is 0.